The molecule has 1 aromatic rings. The number of hydrogen-bond donors (Lipinski definition) is 1. The van der Waals surface area contributed by atoms with Crippen molar-refractivity contribution in [1.29, 1.82) is 0 Å². The maximum atomic E-state index is 5.07. The molecule has 3 nitrogen and oxygen atoms in total. The predicted octanol–water partition coefficient (Wildman–Crippen LogP) is 5.28. The van der Waals surface area contributed by atoms with E-state index >= 15 is 0 Å². The van der Waals surface area contributed by atoms with Gasteiger partial charge in [-0.25, -0.2) is 4.68 Å². The van der Waals surface area contributed by atoms with Gasteiger partial charge in [0, 0.05) is 18.0 Å². The molecule has 0 radical (unpaired) electrons. The number of hydrogen-bond acceptors (Lipinski definition) is 2. The van der Waals surface area contributed by atoms with Gasteiger partial charge in [-0.15, -0.1) is 0 Å². The Morgan fingerprint density at radius 1 is 1.18 bits per heavy atom. The second kappa shape index (κ2) is 6.64. The van der Waals surface area contributed by atoms with Crippen molar-refractivity contribution >= 4 is 5.82 Å². The lowest BCUT2D eigenvalue weighted by Crippen LogP contribution is -2.31. The SMILES string of the molecule is CCC1CCC(C2CCNc3c(C)c(C(C)CC)nn32)CC1. The Labute approximate surface area is 135 Å². The van der Waals surface area contributed by atoms with Crippen LogP contribution in [0.5, 0.6) is 0 Å². The fourth-order valence-corrected chi connectivity index (χ4v) is 4.53. The number of fused-ring (bicyclic) bond motifs is 1. The van der Waals surface area contributed by atoms with E-state index in [4.69, 9.17) is 5.10 Å². The van der Waals surface area contributed by atoms with Crippen LogP contribution in [0.3, 0.4) is 0 Å². The van der Waals surface area contributed by atoms with E-state index in [1.807, 2.05) is 0 Å². The van der Waals surface area contributed by atoms with Crippen molar-refractivity contribution in [1.82, 2.24) is 9.78 Å². The summed E-state index contributed by atoms with van der Waals surface area (Å²) in [4.78, 5) is 0. The van der Waals surface area contributed by atoms with Gasteiger partial charge < -0.3 is 5.32 Å². The lowest BCUT2D eigenvalue weighted by atomic mass is 9.76. The number of nitrogens with one attached hydrogen (secondary N) is 1. The minimum atomic E-state index is 0.566. The maximum absolute atomic E-state index is 5.07. The lowest BCUT2D eigenvalue weighted by molar-refractivity contribution is 0.184. The molecule has 2 heterocycles. The largest absolute Gasteiger partial charge is 0.370 e. The third-order valence-electron chi connectivity index (χ3n) is 6.32. The first-order chi connectivity index (χ1) is 10.7. The fraction of sp³-hybridized carbons (Fsp3) is 0.842. The van der Waals surface area contributed by atoms with E-state index in [-0.39, 0.29) is 0 Å². The molecule has 0 saturated heterocycles. The van der Waals surface area contributed by atoms with Crippen molar-refractivity contribution in [2.75, 3.05) is 11.9 Å². The van der Waals surface area contributed by atoms with E-state index in [1.165, 1.54) is 62.0 Å². The molecular weight excluding hydrogens is 270 g/mol. The van der Waals surface area contributed by atoms with Crippen molar-refractivity contribution in [3.05, 3.63) is 11.3 Å². The van der Waals surface area contributed by atoms with E-state index in [1.54, 1.807) is 0 Å². The molecule has 1 aliphatic carbocycles. The second-order valence-electron chi connectivity index (χ2n) is 7.58. The molecule has 0 spiro atoms. The van der Waals surface area contributed by atoms with E-state index in [2.05, 4.69) is 37.7 Å². The summed E-state index contributed by atoms with van der Waals surface area (Å²) < 4.78 is 2.37. The zero-order chi connectivity index (χ0) is 15.7. The van der Waals surface area contributed by atoms with Gasteiger partial charge in [0.05, 0.1) is 11.7 Å². The van der Waals surface area contributed by atoms with E-state index < -0.39 is 0 Å². The third kappa shape index (κ3) is 2.79. The molecule has 1 N–H and O–H groups in total. The summed E-state index contributed by atoms with van der Waals surface area (Å²) in [5.41, 5.74) is 2.71. The molecule has 0 aromatic carbocycles. The van der Waals surface area contributed by atoms with Crippen molar-refractivity contribution < 1.29 is 0 Å². The minimum absolute atomic E-state index is 0.566. The van der Waals surface area contributed by atoms with Crippen LogP contribution in [0.1, 0.15) is 88.9 Å². The molecule has 3 heteroatoms. The zero-order valence-electron chi connectivity index (χ0n) is 14.9. The first kappa shape index (κ1) is 15.9. The Morgan fingerprint density at radius 3 is 2.55 bits per heavy atom. The Bertz CT molecular complexity index is 497. The summed E-state index contributed by atoms with van der Waals surface area (Å²) in [6, 6.07) is 0.630. The molecule has 2 aliphatic rings. The first-order valence-electron chi connectivity index (χ1n) is 9.48. The normalized spacial score (nSPS) is 29.7. The van der Waals surface area contributed by atoms with Crippen LogP contribution >= 0.6 is 0 Å². The Hall–Kier alpha value is -0.990. The van der Waals surface area contributed by atoms with Crippen molar-refractivity contribution in [3.63, 3.8) is 0 Å². The van der Waals surface area contributed by atoms with Crippen molar-refractivity contribution in [2.24, 2.45) is 11.8 Å². The van der Waals surface area contributed by atoms with Crippen LogP contribution in [0.2, 0.25) is 0 Å². The summed E-state index contributed by atoms with van der Waals surface area (Å²) in [6.07, 6.45) is 9.44. The van der Waals surface area contributed by atoms with Gasteiger partial charge in [-0.05, 0) is 44.4 Å². The van der Waals surface area contributed by atoms with Gasteiger partial charge in [0.1, 0.15) is 5.82 Å². The standard InChI is InChI=1S/C19H33N3/c1-5-13(3)18-14(4)19-20-12-11-17(22(19)21-18)16-9-7-15(6-2)8-10-16/h13,15-17,20H,5-12H2,1-4H3. The maximum Gasteiger partial charge on any atom is 0.127 e. The number of aromatic nitrogens is 2. The van der Waals surface area contributed by atoms with Gasteiger partial charge in [-0.1, -0.05) is 40.0 Å². The highest BCUT2D eigenvalue weighted by Gasteiger charge is 2.33. The van der Waals surface area contributed by atoms with Crippen LogP contribution < -0.4 is 5.32 Å². The highest BCUT2D eigenvalue weighted by Crippen LogP contribution is 2.42. The summed E-state index contributed by atoms with van der Waals surface area (Å²) in [6.45, 7) is 10.3. The van der Waals surface area contributed by atoms with Gasteiger partial charge in [0.2, 0.25) is 0 Å². The van der Waals surface area contributed by atoms with Crippen molar-refractivity contribution in [3.8, 4) is 0 Å². The monoisotopic (exact) mass is 303 g/mol. The molecule has 1 saturated carbocycles. The molecule has 22 heavy (non-hydrogen) atoms. The molecule has 1 aliphatic heterocycles. The third-order valence-corrected chi connectivity index (χ3v) is 6.32. The molecule has 3 rings (SSSR count). The zero-order valence-corrected chi connectivity index (χ0v) is 14.9. The smallest absolute Gasteiger partial charge is 0.127 e. The van der Waals surface area contributed by atoms with Gasteiger partial charge in [0.15, 0.2) is 0 Å². The van der Waals surface area contributed by atoms with Crippen LogP contribution in [0.4, 0.5) is 5.82 Å². The summed E-state index contributed by atoms with van der Waals surface area (Å²) in [7, 11) is 0. The summed E-state index contributed by atoms with van der Waals surface area (Å²) in [5, 5.41) is 8.69. The van der Waals surface area contributed by atoms with Crippen LogP contribution in [-0.2, 0) is 0 Å². The summed E-state index contributed by atoms with van der Waals surface area (Å²) in [5.74, 6) is 3.70. The van der Waals surface area contributed by atoms with E-state index in [0.29, 0.717) is 12.0 Å². The highest BCUT2D eigenvalue weighted by molar-refractivity contribution is 5.49. The van der Waals surface area contributed by atoms with Crippen LogP contribution in [0.25, 0.3) is 0 Å². The lowest BCUT2D eigenvalue weighted by Gasteiger charge is -2.36. The van der Waals surface area contributed by atoms with Gasteiger partial charge in [-0.2, -0.15) is 5.10 Å². The molecular formula is C19H33N3. The average molecular weight is 303 g/mol. The molecule has 1 aromatic heterocycles. The van der Waals surface area contributed by atoms with Gasteiger partial charge >= 0.3 is 0 Å². The molecule has 0 amide bonds. The second-order valence-corrected chi connectivity index (χ2v) is 7.58. The summed E-state index contributed by atoms with van der Waals surface area (Å²) >= 11 is 0. The van der Waals surface area contributed by atoms with E-state index in [9.17, 15) is 0 Å². The molecule has 0 bridgehead atoms. The highest BCUT2D eigenvalue weighted by atomic mass is 15.4. The van der Waals surface area contributed by atoms with Crippen LogP contribution in [0.15, 0.2) is 0 Å². The molecule has 124 valence electrons. The predicted molar refractivity (Wildman–Crippen MR) is 93.6 cm³/mol. The molecule has 2 atom stereocenters. The Morgan fingerprint density at radius 2 is 1.91 bits per heavy atom. The fourth-order valence-electron chi connectivity index (χ4n) is 4.53. The topological polar surface area (TPSA) is 29.9 Å². The van der Waals surface area contributed by atoms with Gasteiger partial charge in [0.25, 0.3) is 0 Å². The molecule has 2 unspecified atom stereocenters. The Balaban J connectivity index is 1.82. The minimum Gasteiger partial charge on any atom is -0.370 e. The van der Waals surface area contributed by atoms with E-state index in [0.717, 1.165) is 18.4 Å². The number of anilines is 1. The number of rotatable bonds is 4. The number of nitrogens with zero attached hydrogens (tertiary/aromatic N) is 2. The first-order valence-corrected chi connectivity index (χ1v) is 9.48. The Kier molecular flexibility index (Phi) is 4.79. The quantitative estimate of drug-likeness (QED) is 0.820. The molecule has 1 fully saturated rings. The average Bonchev–Trinajstić information content (AvgIpc) is 2.91. The van der Waals surface area contributed by atoms with Crippen LogP contribution in [-0.4, -0.2) is 16.3 Å². The van der Waals surface area contributed by atoms with Gasteiger partial charge in [-0.3, -0.25) is 0 Å². The van der Waals surface area contributed by atoms with Crippen LogP contribution in [0, 0.1) is 18.8 Å². The van der Waals surface area contributed by atoms with Crippen molar-refractivity contribution in [2.45, 2.75) is 84.6 Å².